The van der Waals surface area contributed by atoms with Crippen LogP contribution in [0.2, 0.25) is 0 Å². The minimum Gasteiger partial charge on any atom is -0.481 e. The molecule has 0 spiro atoms. The second-order valence-electron chi connectivity index (χ2n) is 5.15. The smallest absolute Gasteiger partial charge is 0.312 e. The summed E-state index contributed by atoms with van der Waals surface area (Å²) >= 11 is 1.67. The average Bonchev–Trinajstić information content (AvgIpc) is 2.98. The van der Waals surface area contributed by atoms with E-state index < -0.39 is 11.9 Å². The van der Waals surface area contributed by atoms with Gasteiger partial charge in [0.2, 0.25) is 0 Å². The normalized spacial score (nSPS) is 21.4. The van der Waals surface area contributed by atoms with E-state index in [1.54, 1.807) is 18.4 Å². The number of carboxylic acid groups (broad SMARTS) is 1. The number of aromatic nitrogens is 1. The van der Waals surface area contributed by atoms with E-state index in [4.69, 9.17) is 4.74 Å². The van der Waals surface area contributed by atoms with Crippen LogP contribution in [-0.2, 0) is 16.0 Å². The summed E-state index contributed by atoms with van der Waals surface area (Å²) in [5.74, 6) is -1.14. The molecule has 0 saturated heterocycles. The molecule has 0 aliphatic heterocycles. The van der Waals surface area contributed by atoms with Crippen molar-refractivity contribution in [3.63, 3.8) is 0 Å². The number of thiazole rings is 1. The van der Waals surface area contributed by atoms with Gasteiger partial charge in [-0.1, -0.05) is 0 Å². The Morgan fingerprint density at radius 1 is 1.53 bits per heavy atom. The lowest BCUT2D eigenvalue weighted by molar-refractivity contribution is -0.138. The number of carboxylic acids is 1. The van der Waals surface area contributed by atoms with Gasteiger partial charge < -0.3 is 14.7 Å². The first-order chi connectivity index (χ1) is 9.20. The van der Waals surface area contributed by atoms with E-state index in [0.29, 0.717) is 19.1 Å². The number of ether oxygens (including phenoxy) is 1. The molecule has 2 aliphatic carbocycles. The van der Waals surface area contributed by atoms with Crippen molar-refractivity contribution in [3.8, 4) is 0 Å². The predicted molar refractivity (Wildman–Crippen MR) is 73.1 cm³/mol. The Kier molecular flexibility index (Phi) is 3.45. The fourth-order valence-corrected chi connectivity index (χ4v) is 3.82. The number of hydrogen-bond donors (Lipinski definition) is 1. The van der Waals surface area contributed by atoms with Gasteiger partial charge >= 0.3 is 5.97 Å². The molecule has 1 aromatic heterocycles. The summed E-state index contributed by atoms with van der Waals surface area (Å²) in [6.45, 7) is 1.52. The second kappa shape index (κ2) is 5.09. The summed E-state index contributed by atoms with van der Waals surface area (Å²) < 4.78 is 5.15. The third-order valence-electron chi connectivity index (χ3n) is 3.77. The van der Waals surface area contributed by atoms with Gasteiger partial charge in [0.15, 0.2) is 5.13 Å². The zero-order valence-electron chi connectivity index (χ0n) is 11.0. The first kappa shape index (κ1) is 12.9. The molecular weight excluding hydrogens is 264 g/mol. The Morgan fingerprint density at radius 3 is 2.95 bits per heavy atom. The molecule has 1 saturated carbocycles. The van der Waals surface area contributed by atoms with Gasteiger partial charge in [-0.05, 0) is 25.7 Å². The molecule has 0 bridgehead atoms. The first-order valence-electron chi connectivity index (χ1n) is 6.68. The van der Waals surface area contributed by atoms with E-state index >= 15 is 0 Å². The van der Waals surface area contributed by atoms with Crippen LogP contribution in [0.25, 0.3) is 0 Å². The quantitative estimate of drug-likeness (QED) is 0.863. The Hall–Kier alpha value is -1.14. The van der Waals surface area contributed by atoms with E-state index in [-0.39, 0.29) is 0 Å². The molecule has 19 heavy (non-hydrogen) atoms. The van der Waals surface area contributed by atoms with Gasteiger partial charge in [-0.2, -0.15) is 0 Å². The van der Waals surface area contributed by atoms with Crippen molar-refractivity contribution in [1.29, 1.82) is 0 Å². The van der Waals surface area contributed by atoms with Crippen LogP contribution < -0.4 is 4.90 Å². The lowest BCUT2D eigenvalue weighted by Gasteiger charge is -2.21. The number of hydrogen-bond acceptors (Lipinski definition) is 5. The molecule has 0 radical (unpaired) electrons. The van der Waals surface area contributed by atoms with E-state index in [1.165, 1.54) is 12.8 Å². The van der Waals surface area contributed by atoms with Crippen LogP contribution in [0.4, 0.5) is 5.13 Å². The Balaban J connectivity index is 1.81. The maximum atomic E-state index is 11.2. The molecule has 0 amide bonds. The molecule has 1 atom stereocenters. The molecule has 104 valence electrons. The van der Waals surface area contributed by atoms with Crippen molar-refractivity contribution in [2.24, 2.45) is 0 Å². The highest BCUT2D eigenvalue weighted by molar-refractivity contribution is 7.15. The molecule has 3 rings (SSSR count). The Labute approximate surface area is 116 Å². The van der Waals surface area contributed by atoms with Crippen molar-refractivity contribution in [1.82, 2.24) is 4.98 Å². The molecule has 1 heterocycles. The third kappa shape index (κ3) is 2.47. The van der Waals surface area contributed by atoms with Crippen LogP contribution in [0, 0.1) is 0 Å². The molecule has 1 aromatic rings. The van der Waals surface area contributed by atoms with Crippen LogP contribution >= 0.6 is 11.3 Å². The Morgan fingerprint density at radius 2 is 2.32 bits per heavy atom. The zero-order chi connectivity index (χ0) is 13.4. The van der Waals surface area contributed by atoms with Crippen molar-refractivity contribution >= 4 is 22.4 Å². The van der Waals surface area contributed by atoms with Crippen LogP contribution in [0.3, 0.4) is 0 Å². The second-order valence-corrected chi connectivity index (χ2v) is 6.21. The number of carbonyl (C=O) groups is 1. The molecule has 1 fully saturated rings. The number of nitrogens with zero attached hydrogens (tertiary/aromatic N) is 2. The number of aliphatic carboxylic acids is 1. The molecule has 6 heteroatoms. The van der Waals surface area contributed by atoms with E-state index in [2.05, 4.69) is 9.88 Å². The van der Waals surface area contributed by atoms with Gasteiger partial charge in [-0.25, -0.2) is 4.98 Å². The van der Waals surface area contributed by atoms with Gasteiger partial charge in [0.25, 0.3) is 0 Å². The number of aryl methyl sites for hydroxylation is 1. The maximum absolute atomic E-state index is 11.2. The molecule has 1 N–H and O–H groups in total. The van der Waals surface area contributed by atoms with E-state index in [9.17, 15) is 9.90 Å². The molecule has 0 aromatic carbocycles. The minimum absolute atomic E-state index is 0.400. The summed E-state index contributed by atoms with van der Waals surface area (Å²) in [5, 5.41) is 10.2. The highest BCUT2D eigenvalue weighted by atomic mass is 32.1. The lowest BCUT2D eigenvalue weighted by atomic mass is 10.1. The highest BCUT2D eigenvalue weighted by Gasteiger charge is 2.36. The maximum Gasteiger partial charge on any atom is 0.312 e. The van der Waals surface area contributed by atoms with Crippen molar-refractivity contribution in [3.05, 3.63) is 10.6 Å². The van der Waals surface area contributed by atoms with Crippen LogP contribution in [0.1, 0.15) is 35.8 Å². The number of fused-ring (bicyclic) bond motifs is 1. The zero-order valence-corrected chi connectivity index (χ0v) is 11.8. The molecule has 5 nitrogen and oxygen atoms in total. The summed E-state index contributed by atoms with van der Waals surface area (Å²) in [4.78, 5) is 19.2. The molecule has 2 aliphatic rings. The minimum atomic E-state index is -0.745. The highest BCUT2D eigenvalue weighted by Crippen LogP contribution is 2.42. The van der Waals surface area contributed by atoms with Crippen molar-refractivity contribution in [2.75, 3.05) is 25.2 Å². The van der Waals surface area contributed by atoms with Gasteiger partial charge in [-0.15, -0.1) is 11.3 Å². The summed E-state index contributed by atoms with van der Waals surface area (Å²) in [5.41, 5.74) is 0.801. The fraction of sp³-hybridized carbons (Fsp3) is 0.692. The standard InChI is InChI=1S/C13H18N2O3S/c1-18-7-6-15(8-2-3-8)13-14-11-9(12(16)17)4-5-10(11)19-13/h8-9H,2-7H2,1H3,(H,16,17). The summed E-state index contributed by atoms with van der Waals surface area (Å²) in [6, 6.07) is 0.574. The predicted octanol–water partition coefficient (Wildman–Crippen LogP) is 1.87. The van der Waals surface area contributed by atoms with Gasteiger partial charge in [0.05, 0.1) is 12.3 Å². The number of anilines is 1. The third-order valence-corrected chi connectivity index (χ3v) is 4.94. The summed E-state index contributed by atoms with van der Waals surface area (Å²) in [6.07, 6.45) is 3.96. The topological polar surface area (TPSA) is 62.7 Å². The average molecular weight is 282 g/mol. The van der Waals surface area contributed by atoms with Gasteiger partial charge in [-0.3, -0.25) is 4.79 Å². The number of methoxy groups -OCH3 is 1. The van der Waals surface area contributed by atoms with Crippen LogP contribution in [0.5, 0.6) is 0 Å². The number of rotatable bonds is 6. The monoisotopic (exact) mass is 282 g/mol. The fourth-order valence-electron chi connectivity index (χ4n) is 2.59. The molecular formula is C13H18N2O3S. The van der Waals surface area contributed by atoms with Crippen LogP contribution in [-0.4, -0.2) is 42.4 Å². The van der Waals surface area contributed by atoms with Gasteiger partial charge in [0, 0.05) is 24.6 Å². The SMILES string of the molecule is COCCN(c1nc2c(s1)CCC2C(=O)O)C1CC1. The van der Waals surface area contributed by atoms with Gasteiger partial charge in [0.1, 0.15) is 5.92 Å². The largest absolute Gasteiger partial charge is 0.481 e. The van der Waals surface area contributed by atoms with E-state index in [1.807, 2.05) is 0 Å². The van der Waals surface area contributed by atoms with E-state index in [0.717, 1.165) is 28.7 Å². The van der Waals surface area contributed by atoms with Crippen molar-refractivity contribution < 1.29 is 14.6 Å². The Bertz CT molecular complexity index is 484. The van der Waals surface area contributed by atoms with Crippen LogP contribution in [0.15, 0.2) is 0 Å². The lowest BCUT2D eigenvalue weighted by Crippen LogP contribution is -2.29. The molecule has 1 unspecified atom stereocenters. The van der Waals surface area contributed by atoms with Crippen molar-refractivity contribution in [2.45, 2.75) is 37.6 Å². The summed E-state index contributed by atoms with van der Waals surface area (Å²) in [7, 11) is 1.70. The first-order valence-corrected chi connectivity index (χ1v) is 7.50.